The molecule has 11 heteroatoms. The molecule has 0 radical (unpaired) electrons. The highest BCUT2D eigenvalue weighted by Gasteiger charge is 2.18. The van der Waals surface area contributed by atoms with E-state index in [0.717, 1.165) is 11.3 Å². The lowest BCUT2D eigenvalue weighted by Gasteiger charge is -2.10. The molecule has 0 aliphatic heterocycles. The van der Waals surface area contributed by atoms with Crippen molar-refractivity contribution in [3.8, 4) is 0 Å². The van der Waals surface area contributed by atoms with Crippen molar-refractivity contribution >= 4 is 51.8 Å². The zero-order valence-corrected chi connectivity index (χ0v) is 15.6. The molecule has 0 aliphatic carbocycles. The Morgan fingerprint density at radius 1 is 1.23 bits per heavy atom. The highest BCUT2D eigenvalue weighted by molar-refractivity contribution is 8.02. The van der Waals surface area contributed by atoms with Gasteiger partial charge < -0.3 is 15.8 Å². The average Bonchev–Trinajstić information content (AvgIpc) is 3.02. The summed E-state index contributed by atoms with van der Waals surface area (Å²) in [4.78, 5) is 34.6. The van der Waals surface area contributed by atoms with E-state index in [2.05, 4.69) is 20.8 Å². The number of rotatable bonds is 7. The predicted octanol–water partition coefficient (Wildman–Crippen LogP) is 2.32. The molecule has 2 rings (SSSR count). The number of carbonyl (C=O) groups excluding carboxylic acids is 3. The van der Waals surface area contributed by atoms with Crippen LogP contribution in [-0.4, -0.2) is 40.0 Å². The van der Waals surface area contributed by atoms with Gasteiger partial charge in [0.1, 0.15) is 0 Å². The van der Waals surface area contributed by atoms with Gasteiger partial charge in [-0.15, -0.1) is 10.2 Å². The van der Waals surface area contributed by atoms with E-state index in [1.165, 1.54) is 23.9 Å². The first-order valence-electron chi connectivity index (χ1n) is 7.53. The SMILES string of the molecule is CCOC(=O)Nc1nnc(SC(C)C(=O)Nc2ccc(C(N)=O)cc2)s1. The second-order valence-electron chi connectivity index (χ2n) is 4.91. The third-order valence-corrected chi connectivity index (χ3v) is 5.00. The lowest BCUT2D eigenvalue weighted by Crippen LogP contribution is -2.22. The first kappa shape index (κ1) is 19.7. The van der Waals surface area contributed by atoms with Gasteiger partial charge in [0.2, 0.25) is 16.9 Å². The van der Waals surface area contributed by atoms with Crippen LogP contribution in [0.3, 0.4) is 0 Å². The summed E-state index contributed by atoms with van der Waals surface area (Å²) in [7, 11) is 0. The first-order valence-corrected chi connectivity index (χ1v) is 9.23. The number of thioether (sulfide) groups is 1. The standard InChI is InChI=1S/C15H17N5O4S2/c1-3-24-14(23)18-13-19-20-15(26-13)25-8(2)12(22)17-10-6-4-9(5-7-10)11(16)21/h4-8H,3H2,1-2H3,(H2,16,21)(H,17,22)(H,18,19,23). The third kappa shape index (κ3) is 5.70. The van der Waals surface area contributed by atoms with Crippen LogP contribution in [0.5, 0.6) is 0 Å². The maximum Gasteiger partial charge on any atom is 0.413 e. The average molecular weight is 395 g/mol. The maximum atomic E-state index is 12.2. The van der Waals surface area contributed by atoms with Gasteiger partial charge in [-0.2, -0.15) is 0 Å². The summed E-state index contributed by atoms with van der Waals surface area (Å²) in [6.07, 6.45) is -0.606. The third-order valence-electron chi connectivity index (χ3n) is 2.97. The van der Waals surface area contributed by atoms with Crippen molar-refractivity contribution in [2.45, 2.75) is 23.4 Å². The Hall–Kier alpha value is -2.66. The number of nitrogens with zero attached hydrogens (tertiary/aromatic N) is 2. The van der Waals surface area contributed by atoms with Gasteiger partial charge in [-0.1, -0.05) is 23.1 Å². The van der Waals surface area contributed by atoms with E-state index in [1.54, 1.807) is 26.0 Å². The van der Waals surface area contributed by atoms with Crippen LogP contribution in [0, 0.1) is 0 Å². The molecule has 0 aliphatic rings. The van der Waals surface area contributed by atoms with Crippen LogP contribution in [0.2, 0.25) is 0 Å². The van der Waals surface area contributed by atoms with Crippen molar-refractivity contribution < 1.29 is 19.1 Å². The quantitative estimate of drug-likeness (QED) is 0.483. The minimum atomic E-state index is -0.606. The largest absolute Gasteiger partial charge is 0.450 e. The number of hydrogen-bond donors (Lipinski definition) is 3. The number of primary amides is 1. The summed E-state index contributed by atoms with van der Waals surface area (Å²) in [5.41, 5.74) is 6.09. The molecule has 1 unspecified atom stereocenters. The van der Waals surface area contributed by atoms with Gasteiger partial charge in [0.15, 0.2) is 4.34 Å². The molecular formula is C15H17N5O4S2. The molecule has 1 aromatic heterocycles. The highest BCUT2D eigenvalue weighted by Crippen LogP contribution is 2.29. The van der Waals surface area contributed by atoms with E-state index in [-0.39, 0.29) is 12.5 Å². The molecule has 1 aromatic carbocycles. The topological polar surface area (TPSA) is 136 Å². The highest BCUT2D eigenvalue weighted by atomic mass is 32.2. The van der Waals surface area contributed by atoms with Crippen molar-refractivity contribution in [3.05, 3.63) is 29.8 Å². The number of nitrogens with one attached hydrogen (secondary N) is 2. The molecular weight excluding hydrogens is 378 g/mol. The number of benzene rings is 1. The number of amides is 3. The number of hydrogen-bond acceptors (Lipinski definition) is 8. The molecule has 0 spiro atoms. The Labute approximate surface area is 157 Å². The Morgan fingerprint density at radius 3 is 2.54 bits per heavy atom. The normalized spacial score (nSPS) is 11.5. The van der Waals surface area contributed by atoms with Gasteiger partial charge in [0, 0.05) is 11.3 Å². The number of nitrogens with two attached hydrogens (primary N) is 1. The smallest absolute Gasteiger partial charge is 0.413 e. The van der Waals surface area contributed by atoms with Gasteiger partial charge >= 0.3 is 6.09 Å². The first-order chi connectivity index (χ1) is 12.4. The summed E-state index contributed by atoms with van der Waals surface area (Å²) >= 11 is 2.35. The lowest BCUT2D eigenvalue weighted by atomic mass is 10.2. The molecule has 0 fully saturated rings. The molecule has 1 heterocycles. The second-order valence-corrected chi connectivity index (χ2v) is 7.47. The van der Waals surface area contributed by atoms with E-state index in [1.807, 2.05) is 0 Å². The molecule has 3 amide bonds. The molecule has 0 saturated heterocycles. The van der Waals surface area contributed by atoms with Crippen LogP contribution in [0.1, 0.15) is 24.2 Å². The Balaban J connectivity index is 1.89. The van der Waals surface area contributed by atoms with Gasteiger partial charge in [-0.05, 0) is 38.1 Å². The molecule has 0 bridgehead atoms. The molecule has 4 N–H and O–H groups in total. The maximum absolute atomic E-state index is 12.2. The van der Waals surface area contributed by atoms with Crippen LogP contribution < -0.4 is 16.4 Å². The monoisotopic (exact) mass is 395 g/mol. The van der Waals surface area contributed by atoms with Gasteiger partial charge in [0.05, 0.1) is 11.9 Å². The van der Waals surface area contributed by atoms with E-state index in [0.29, 0.717) is 20.7 Å². The Bertz CT molecular complexity index is 794. The van der Waals surface area contributed by atoms with Crippen molar-refractivity contribution in [1.82, 2.24) is 10.2 Å². The molecule has 9 nitrogen and oxygen atoms in total. The predicted molar refractivity (Wildman–Crippen MR) is 99.5 cm³/mol. The lowest BCUT2D eigenvalue weighted by molar-refractivity contribution is -0.115. The fourth-order valence-corrected chi connectivity index (χ4v) is 3.61. The van der Waals surface area contributed by atoms with Gasteiger partial charge in [-0.25, -0.2) is 4.79 Å². The second kappa shape index (κ2) is 9.15. The van der Waals surface area contributed by atoms with Crippen LogP contribution in [0.4, 0.5) is 15.6 Å². The Kier molecular flexibility index (Phi) is 6.92. The van der Waals surface area contributed by atoms with E-state index >= 15 is 0 Å². The molecule has 0 saturated carbocycles. The van der Waals surface area contributed by atoms with Crippen molar-refractivity contribution in [2.75, 3.05) is 17.2 Å². The number of carbonyl (C=O) groups is 3. The zero-order valence-electron chi connectivity index (χ0n) is 14.0. The summed E-state index contributed by atoms with van der Waals surface area (Å²) in [5.74, 6) is -0.771. The number of ether oxygens (including phenoxy) is 1. The Morgan fingerprint density at radius 2 is 1.92 bits per heavy atom. The zero-order chi connectivity index (χ0) is 19.1. The summed E-state index contributed by atoms with van der Waals surface area (Å²) < 4.78 is 5.28. The van der Waals surface area contributed by atoms with Crippen molar-refractivity contribution in [2.24, 2.45) is 5.73 Å². The number of aromatic nitrogens is 2. The van der Waals surface area contributed by atoms with E-state index in [9.17, 15) is 14.4 Å². The van der Waals surface area contributed by atoms with Crippen molar-refractivity contribution in [3.63, 3.8) is 0 Å². The fourth-order valence-electron chi connectivity index (χ4n) is 1.73. The van der Waals surface area contributed by atoms with Crippen molar-refractivity contribution in [1.29, 1.82) is 0 Å². The molecule has 138 valence electrons. The minimum Gasteiger partial charge on any atom is -0.450 e. The van der Waals surface area contributed by atoms with Crippen LogP contribution in [0.25, 0.3) is 0 Å². The summed E-state index contributed by atoms with van der Waals surface area (Å²) in [5, 5.41) is 12.8. The van der Waals surface area contributed by atoms with Crippen LogP contribution in [-0.2, 0) is 9.53 Å². The summed E-state index contributed by atoms with van der Waals surface area (Å²) in [6.45, 7) is 3.67. The molecule has 26 heavy (non-hydrogen) atoms. The molecule has 2 aromatic rings. The minimum absolute atomic E-state index is 0.239. The molecule has 1 atom stereocenters. The van der Waals surface area contributed by atoms with E-state index in [4.69, 9.17) is 10.5 Å². The van der Waals surface area contributed by atoms with Gasteiger partial charge in [0.25, 0.3) is 0 Å². The fraction of sp³-hybridized carbons (Fsp3) is 0.267. The van der Waals surface area contributed by atoms with Crippen LogP contribution in [0.15, 0.2) is 28.6 Å². The van der Waals surface area contributed by atoms with Crippen LogP contribution >= 0.6 is 23.1 Å². The number of anilines is 2. The van der Waals surface area contributed by atoms with Gasteiger partial charge in [-0.3, -0.25) is 14.9 Å². The summed E-state index contributed by atoms with van der Waals surface area (Å²) in [6, 6.07) is 6.27. The van der Waals surface area contributed by atoms with E-state index < -0.39 is 17.3 Å².